The fourth-order valence-corrected chi connectivity index (χ4v) is 4.76. The van der Waals surface area contributed by atoms with E-state index in [9.17, 15) is 8.42 Å². The molecule has 5 atom stereocenters. The number of rotatable bonds is 2. The number of aryl methyl sites for hydroxylation is 1. The van der Waals surface area contributed by atoms with Gasteiger partial charge in [-0.3, -0.25) is 0 Å². The third kappa shape index (κ3) is 1.27. The second-order valence-corrected chi connectivity index (χ2v) is 6.92. The standard InChI is InChI=1S/C12H13NO3S/c1-7-2-4-8(5-3-7)17(14,15)13-9-6-10-12(16-10)11(9)13/h2-5,9-12H,6H2,1H3/t9-,10-,11-,12-,13?/m1/s1. The van der Waals surface area contributed by atoms with Crippen LogP contribution < -0.4 is 0 Å². The molecule has 0 N–H and O–H groups in total. The number of fused-ring (bicyclic) bond motifs is 3. The summed E-state index contributed by atoms with van der Waals surface area (Å²) in [5.74, 6) is 0. The van der Waals surface area contributed by atoms with Gasteiger partial charge in [0, 0.05) is 6.04 Å². The summed E-state index contributed by atoms with van der Waals surface area (Å²) in [5, 5.41) is 0. The highest BCUT2D eigenvalue weighted by Crippen LogP contribution is 2.55. The third-order valence-electron chi connectivity index (χ3n) is 3.95. The van der Waals surface area contributed by atoms with E-state index in [1.165, 1.54) is 0 Å². The molecule has 0 bridgehead atoms. The Morgan fingerprint density at radius 2 is 2.00 bits per heavy atom. The zero-order chi connectivity index (χ0) is 11.8. The van der Waals surface area contributed by atoms with Crippen LogP contribution in [0.15, 0.2) is 29.2 Å². The van der Waals surface area contributed by atoms with Crippen LogP contribution in [0.25, 0.3) is 0 Å². The number of ether oxygens (including phenoxy) is 1. The van der Waals surface area contributed by atoms with Crippen molar-refractivity contribution in [1.29, 1.82) is 0 Å². The van der Waals surface area contributed by atoms with E-state index >= 15 is 0 Å². The molecule has 2 aliphatic heterocycles. The molecule has 4 rings (SSSR count). The second-order valence-electron chi connectivity index (χ2n) is 5.08. The van der Waals surface area contributed by atoms with Crippen molar-refractivity contribution in [1.82, 2.24) is 4.31 Å². The highest BCUT2D eigenvalue weighted by molar-refractivity contribution is 7.89. The second kappa shape index (κ2) is 2.91. The summed E-state index contributed by atoms with van der Waals surface area (Å²) in [6.07, 6.45) is 1.40. The highest BCUT2D eigenvalue weighted by Gasteiger charge is 2.72. The molecule has 3 aliphatic rings. The lowest BCUT2D eigenvalue weighted by Gasteiger charge is -2.07. The van der Waals surface area contributed by atoms with Crippen LogP contribution in [0.5, 0.6) is 0 Å². The van der Waals surface area contributed by atoms with E-state index in [2.05, 4.69) is 0 Å². The molecule has 0 spiro atoms. The van der Waals surface area contributed by atoms with E-state index in [1.54, 1.807) is 16.4 Å². The first kappa shape index (κ1) is 10.1. The van der Waals surface area contributed by atoms with Crippen LogP contribution in [0, 0.1) is 6.92 Å². The van der Waals surface area contributed by atoms with Crippen molar-refractivity contribution < 1.29 is 13.2 Å². The lowest BCUT2D eigenvalue weighted by Crippen LogP contribution is -2.20. The Hall–Kier alpha value is -0.910. The van der Waals surface area contributed by atoms with Crippen molar-refractivity contribution in [3.8, 4) is 0 Å². The molecule has 1 aromatic rings. The Balaban J connectivity index is 1.67. The first-order chi connectivity index (χ1) is 8.09. The van der Waals surface area contributed by atoms with Gasteiger partial charge in [0.1, 0.15) is 6.10 Å². The van der Waals surface area contributed by atoms with E-state index in [0.29, 0.717) is 11.0 Å². The van der Waals surface area contributed by atoms with Gasteiger partial charge in [0.05, 0.1) is 17.0 Å². The number of piperidine rings is 1. The van der Waals surface area contributed by atoms with Crippen LogP contribution in [0.2, 0.25) is 0 Å². The normalized spacial score (nSPS) is 41.8. The Morgan fingerprint density at radius 1 is 1.29 bits per heavy atom. The van der Waals surface area contributed by atoms with Gasteiger partial charge in [-0.25, -0.2) is 8.42 Å². The maximum Gasteiger partial charge on any atom is 0.243 e. The molecule has 2 heterocycles. The van der Waals surface area contributed by atoms with E-state index in [1.807, 2.05) is 19.1 Å². The minimum absolute atomic E-state index is 0.117. The van der Waals surface area contributed by atoms with Crippen LogP contribution in [0.1, 0.15) is 12.0 Å². The van der Waals surface area contributed by atoms with E-state index in [0.717, 1.165) is 12.0 Å². The molecule has 1 saturated carbocycles. The van der Waals surface area contributed by atoms with Crippen LogP contribution in [0.3, 0.4) is 0 Å². The SMILES string of the molecule is Cc1ccc(S(=O)(=O)N2[C@H]3[C@@H]4O[C@@H]4C[C@H]32)cc1. The van der Waals surface area contributed by atoms with Gasteiger partial charge in [0.2, 0.25) is 10.0 Å². The molecule has 1 aliphatic carbocycles. The van der Waals surface area contributed by atoms with Crippen molar-refractivity contribution in [2.45, 2.75) is 42.5 Å². The van der Waals surface area contributed by atoms with Gasteiger partial charge in [0.25, 0.3) is 0 Å². The number of sulfonamides is 1. The molecule has 17 heavy (non-hydrogen) atoms. The van der Waals surface area contributed by atoms with Gasteiger partial charge in [-0.05, 0) is 25.5 Å². The van der Waals surface area contributed by atoms with Crippen molar-refractivity contribution in [3.05, 3.63) is 29.8 Å². The highest BCUT2D eigenvalue weighted by atomic mass is 32.2. The Morgan fingerprint density at radius 3 is 2.59 bits per heavy atom. The maximum absolute atomic E-state index is 12.4. The quantitative estimate of drug-likeness (QED) is 0.734. The van der Waals surface area contributed by atoms with Crippen LogP contribution in [0.4, 0.5) is 0 Å². The van der Waals surface area contributed by atoms with Gasteiger partial charge in [0.15, 0.2) is 0 Å². The minimum Gasteiger partial charge on any atom is -0.368 e. The molecule has 3 fully saturated rings. The molecule has 90 valence electrons. The number of benzene rings is 1. The molecule has 0 radical (unpaired) electrons. The minimum atomic E-state index is -3.29. The van der Waals surface area contributed by atoms with E-state index < -0.39 is 10.0 Å². The molecular formula is C12H13NO3S. The summed E-state index contributed by atoms with van der Waals surface area (Å²) in [7, 11) is -3.29. The monoisotopic (exact) mass is 251 g/mol. The Bertz CT molecular complexity index is 580. The topological polar surface area (TPSA) is 49.7 Å². The third-order valence-corrected chi connectivity index (χ3v) is 5.89. The van der Waals surface area contributed by atoms with Crippen molar-refractivity contribution in [3.63, 3.8) is 0 Å². The van der Waals surface area contributed by atoms with Gasteiger partial charge in [-0.15, -0.1) is 0 Å². The molecule has 4 nitrogen and oxygen atoms in total. The summed E-state index contributed by atoms with van der Waals surface area (Å²) in [6.45, 7) is 1.95. The molecule has 1 unspecified atom stereocenters. The fraction of sp³-hybridized carbons (Fsp3) is 0.500. The zero-order valence-corrected chi connectivity index (χ0v) is 10.2. The van der Waals surface area contributed by atoms with E-state index in [-0.39, 0.29) is 18.2 Å². The Kier molecular flexibility index (Phi) is 1.72. The first-order valence-corrected chi connectivity index (χ1v) is 7.29. The summed E-state index contributed by atoms with van der Waals surface area (Å²) >= 11 is 0. The first-order valence-electron chi connectivity index (χ1n) is 5.85. The van der Waals surface area contributed by atoms with Crippen molar-refractivity contribution in [2.24, 2.45) is 0 Å². The number of nitrogens with zero attached hydrogens (tertiary/aromatic N) is 1. The molecule has 0 amide bonds. The molecule has 5 heteroatoms. The van der Waals surface area contributed by atoms with E-state index in [4.69, 9.17) is 4.74 Å². The lowest BCUT2D eigenvalue weighted by molar-refractivity contribution is 0.341. The van der Waals surface area contributed by atoms with Gasteiger partial charge in [-0.1, -0.05) is 17.7 Å². The number of hydrogen-bond donors (Lipinski definition) is 0. The molecular weight excluding hydrogens is 238 g/mol. The number of epoxide rings is 1. The van der Waals surface area contributed by atoms with Gasteiger partial charge in [-0.2, -0.15) is 4.31 Å². The zero-order valence-electron chi connectivity index (χ0n) is 9.41. The molecule has 1 aromatic carbocycles. The van der Waals surface area contributed by atoms with Crippen molar-refractivity contribution in [2.75, 3.05) is 0 Å². The smallest absolute Gasteiger partial charge is 0.243 e. The summed E-state index contributed by atoms with van der Waals surface area (Å²) in [5.41, 5.74) is 1.07. The predicted molar refractivity (Wildman–Crippen MR) is 61.1 cm³/mol. The number of hydrogen-bond acceptors (Lipinski definition) is 3. The molecule has 2 saturated heterocycles. The Labute approximate surface area is 100 Å². The fourth-order valence-electron chi connectivity index (χ4n) is 2.94. The summed E-state index contributed by atoms with van der Waals surface area (Å²) in [4.78, 5) is 0.398. The predicted octanol–water partition coefficient (Wildman–Crippen LogP) is 0.908. The molecule has 0 aromatic heterocycles. The largest absolute Gasteiger partial charge is 0.368 e. The van der Waals surface area contributed by atoms with Crippen LogP contribution >= 0.6 is 0 Å². The van der Waals surface area contributed by atoms with Gasteiger partial charge < -0.3 is 4.74 Å². The van der Waals surface area contributed by atoms with Crippen LogP contribution in [-0.4, -0.2) is 37.0 Å². The summed E-state index contributed by atoms with van der Waals surface area (Å²) < 4.78 is 31.7. The van der Waals surface area contributed by atoms with Crippen LogP contribution in [-0.2, 0) is 14.8 Å². The lowest BCUT2D eigenvalue weighted by atomic mass is 10.2. The maximum atomic E-state index is 12.4. The van der Waals surface area contributed by atoms with Gasteiger partial charge >= 0.3 is 0 Å². The summed E-state index contributed by atoms with van der Waals surface area (Å²) in [6, 6.07) is 7.36. The average molecular weight is 251 g/mol. The average Bonchev–Trinajstić information content (AvgIpc) is 3.17. The van der Waals surface area contributed by atoms with Crippen molar-refractivity contribution >= 4 is 10.0 Å².